The summed E-state index contributed by atoms with van der Waals surface area (Å²) in [5, 5.41) is 0. The predicted molar refractivity (Wildman–Crippen MR) is 95.2 cm³/mol. The Hall–Kier alpha value is -2.93. The number of furan rings is 1. The van der Waals surface area contributed by atoms with Crippen LogP contribution >= 0.6 is 0 Å². The third-order valence-corrected chi connectivity index (χ3v) is 4.85. The lowest BCUT2D eigenvalue weighted by molar-refractivity contribution is -0.917. The van der Waals surface area contributed by atoms with Crippen molar-refractivity contribution in [2.75, 3.05) is 26.2 Å². The summed E-state index contributed by atoms with van der Waals surface area (Å²) in [5.41, 5.74) is 2.30. The molecule has 0 unspecified atom stereocenters. The number of fused-ring (bicyclic) bond motifs is 1. The number of pyridine rings is 1. The topological polar surface area (TPSA) is 72.3 Å². The molecule has 1 amide bonds. The second kappa shape index (κ2) is 6.76. The van der Waals surface area contributed by atoms with Crippen LogP contribution in [0.5, 0.6) is 0 Å². The van der Waals surface area contributed by atoms with Gasteiger partial charge < -0.3 is 14.2 Å². The first-order chi connectivity index (χ1) is 12.6. The van der Waals surface area contributed by atoms with Gasteiger partial charge in [0.15, 0.2) is 5.76 Å². The smallest absolute Gasteiger partial charge is 0.289 e. The summed E-state index contributed by atoms with van der Waals surface area (Å²) in [6, 6.07) is 10.7. The van der Waals surface area contributed by atoms with Crippen molar-refractivity contribution in [3.63, 3.8) is 0 Å². The molecule has 7 heteroatoms. The van der Waals surface area contributed by atoms with Crippen LogP contribution in [0.15, 0.2) is 51.9 Å². The number of nitrogens with zero attached hydrogens (tertiary/aromatic N) is 3. The van der Waals surface area contributed by atoms with Gasteiger partial charge in [0.05, 0.1) is 32.4 Å². The zero-order valence-corrected chi connectivity index (χ0v) is 14.6. The van der Waals surface area contributed by atoms with Crippen LogP contribution in [0.1, 0.15) is 21.9 Å². The molecule has 0 atom stereocenters. The fraction of sp³-hybridized carbons (Fsp3) is 0.316. The maximum absolute atomic E-state index is 12.4. The van der Waals surface area contributed by atoms with Gasteiger partial charge in [0.2, 0.25) is 0 Å². The Bertz CT molecular complexity index is 986. The van der Waals surface area contributed by atoms with Gasteiger partial charge in [-0.1, -0.05) is 6.07 Å². The average Bonchev–Trinajstić information content (AvgIpc) is 3.16. The van der Waals surface area contributed by atoms with E-state index in [4.69, 9.17) is 4.42 Å². The molecule has 0 aromatic carbocycles. The Labute approximate surface area is 150 Å². The Morgan fingerprint density at radius 1 is 1.23 bits per heavy atom. The van der Waals surface area contributed by atoms with Crippen LogP contribution in [-0.4, -0.2) is 46.4 Å². The van der Waals surface area contributed by atoms with Gasteiger partial charge in [-0.15, -0.1) is 0 Å². The van der Waals surface area contributed by atoms with E-state index in [9.17, 15) is 9.59 Å². The number of hydrogen-bond donors (Lipinski definition) is 1. The van der Waals surface area contributed by atoms with Crippen LogP contribution in [-0.2, 0) is 6.54 Å². The van der Waals surface area contributed by atoms with Crippen LogP contribution in [0.2, 0.25) is 0 Å². The molecule has 1 fully saturated rings. The van der Waals surface area contributed by atoms with Crippen molar-refractivity contribution in [2.45, 2.75) is 13.5 Å². The minimum atomic E-state index is -0.0633. The number of carbonyl (C=O) groups excluding carboxylic acids is 1. The molecular weight excluding hydrogens is 332 g/mol. The zero-order chi connectivity index (χ0) is 18.1. The highest BCUT2D eigenvalue weighted by molar-refractivity contribution is 5.91. The van der Waals surface area contributed by atoms with Crippen molar-refractivity contribution in [3.8, 4) is 0 Å². The molecule has 1 aliphatic heterocycles. The first-order valence-electron chi connectivity index (χ1n) is 8.76. The summed E-state index contributed by atoms with van der Waals surface area (Å²) in [6.45, 7) is 5.56. The van der Waals surface area contributed by atoms with E-state index >= 15 is 0 Å². The molecule has 0 bridgehead atoms. The molecule has 1 saturated heterocycles. The molecule has 1 aliphatic rings. The van der Waals surface area contributed by atoms with E-state index in [0.29, 0.717) is 31.0 Å². The van der Waals surface area contributed by atoms with E-state index in [-0.39, 0.29) is 11.5 Å². The number of aromatic nitrogens is 2. The fourth-order valence-electron chi connectivity index (χ4n) is 3.47. The van der Waals surface area contributed by atoms with Gasteiger partial charge in [-0.3, -0.25) is 14.0 Å². The number of hydrogen-bond acceptors (Lipinski definition) is 4. The van der Waals surface area contributed by atoms with Gasteiger partial charge in [0, 0.05) is 11.8 Å². The van der Waals surface area contributed by atoms with E-state index in [1.807, 2.05) is 30.0 Å². The van der Waals surface area contributed by atoms with Crippen molar-refractivity contribution >= 4 is 11.6 Å². The van der Waals surface area contributed by atoms with Gasteiger partial charge in [-0.25, -0.2) is 4.98 Å². The Morgan fingerprint density at radius 3 is 2.77 bits per heavy atom. The molecule has 0 aliphatic carbocycles. The summed E-state index contributed by atoms with van der Waals surface area (Å²) in [4.78, 5) is 32.5. The second-order valence-corrected chi connectivity index (χ2v) is 6.64. The first kappa shape index (κ1) is 16.5. The van der Waals surface area contributed by atoms with Crippen LogP contribution in [0, 0.1) is 6.92 Å². The molecule has 1 N–H and O–H groups in total. The van der Waals surface area contributed by atoms with E-state index in [0.717, 1.165) is 24.5 Å². The maximum Gasteiger partial charge on any atom is 0.289 e. The molecule has 134 valence electrons. The van der Waals surface area contributed by atoms with Crippen molar-refractivity contribution in [1.29, 1.82) is 0 Å². The molecule has 4 heterocycles. The highest BCUT2D eigenvalue weighted by atomic mass is 16.3. The van der Waals surface area contributed by atoms with Crippen molar-refractivity contribution < 1.29 is 14.1 Å². The fourth-order valence-corrected chi connectivity index (χ4v) is 3.47. The van der Waals surface area contributed by atoms with Gasteiger partial charge >= 0.3 is 0 Å². The SMILES string of the molecule is Cc1cccc2nc(C[NH+]3CCN(C(=O)c4ccco4)CC3)cc(=O)n12. The second-order valence-electron chi connectivity index (χ2n) is 6.64. The molecule has 3 aromatic heterocycles. The molecule has 0 spiro atoms. The van der Waals surface area contributed by atoms with E-state index in [1.165, 1.54) is 11.2 Å². The number of carbonyl (C=O) groups is 1. The maximum atomic E-state index is 12.4. The Morgan fingerprint density at radius 2 is 2.04 bits per heavy atom. The van der Waals surface area contributed by atoms with Crippen LogP contribution in [0.3, 0.4) is 0 Å². The van der Waals surface area contributed by atoms with Crippen LogP contribution in [0.25, 0.3) is 5.65 Å². The summed E-state index contributed by atoms with van der Waals surface area (Å²) in [5.74, 6) is 0.319. The van der Waals surface area contributed by atoms with Gasteiger partial charge in [0.25, 0.3) is 11.5 Å². The number of quaternary nitrogens is 1. The van der Waals surface area contributed by atoms with Crippen LogP contribution in [0.4, 0.5) is 0 Å². The van der Waals surface area contributed by atoms with Crippen LogP contribution < -0.4 is 10.5 Å². The molecule has 3 aromatic rings. The highest BCUT2D eigenvalue weighted by Crippen LogP contribution is 2.06. The van der Waals surface area contributed by atoms with Gasteiger partial charge in [-0.05, 0) is 31.2 Å². The standard InChI is InChI=1S/C19H20N4O3/c1-14-4-2-6-17-20-15(12-18(24)23(14)17)13-21-7-9-22(10-8-21)19(25)16-5-3-11-26-16/h2-6,11-12H,7-10,13H2,1H3/p+1. The number of piperazine rings is 1. The lowest BCUT2D eigenvalue weighted by Gasteiger charge is -2.31. The lowest BCUT2D eigenvalue weighted by Crippen LogP contribution is -3.13. The molecule has 7 nitrogen and oxygen atoms in total. The normalized spacial score (nSPS) is 15.5. The van der Waals surface area contributed by atoms with Crippen molar-refractivity contribution in [1.82, 2.24) is 14.3 Å². The minimum Gasteiger partial charge on any atom is -0.459 e. The van der Waals surface area contributed by atoms with E-state index < -0.39 is 0 Å². The Balaban J connectivity index is 1.44. The zero-order valence-electron chi connectivity index (χ0n) is 14.6. The number of aryl methyl sites for hydroxylation is 1. The average molecular weight is 353 g/mol. The first-order valence-corrected chi connectivity index (χ1v) is 8.76. The van der Waals surface area contributed by atoms with Crippen molar-refractivity contribution in [2.24, 2.45) is 0 Å². The number of amides is 1. The monoisotopic (exact) mass is 353 g/mol. The predicted octanol–water partition coefficient (Wildman–Crippen LogP) is 0.137. The summed E-state index contributed by atoms with van der Waals surface area (Å²) < 4.78 is 6.81. The number of rotatable bonds is 3. The van der Waals surface area contributed by atoms with Gasteiger partial charge in [-0.2, -0.15) is 0 Å². The highest BCUT2D eigenvalue weighted by Gasteiger charge is 2.26. The summed E-state index contributed by atoms with van der Waals surface area (Å²) in [7, 11) is 0. The molecule has 26 heavy (non-hydrogen) atoms. The van der Waals surface area contributed by atoms with Crippen molar-refractivity contribution in [3.05, 3.63) is 70.2 Å². The van der Waals surface area contributed by atoms with E-state index in [2.05, 4.69) is 4.98 Å². The molecular formula is C19H21N4O3+. The molecule has 0 saturated carbocycles. The third-order valence-electron chi connectivity index (χ3n) is 4.85. The lowest BCUT2D eigenvalue weighted by atomic mass is 10.2. The summed E-state index contributed by atoms with van der Waals surface area (Å²) >= 11 is 0. The van der Waals surface area contributed by atoms with E-state index in [1.54, 1.807) is 22.6 Å². The summed E-state index contributed by atoms with van der Waals surface area (Å²) in [6.07, 6.45) is 1.51. The quantitative estimate of drug-likeness (QED) is 0.727. The van der Waals surface area contributed by atoms with Gasteiger partial charge in [0.1, 0.15) is 17.9 Å². The molecule has 0 radical (unpaired) electrons. The Kier molecular flexibility index (Phi) is 4.30. The minimum absolute atomic E-state index is 0.0471. The third kappa shape index (κ3) is 3.13. The molecule has 4 rings (SSSR count). The largest absolute Gasteiger partial charge is 0.459 e. The number of nitrogens with one attached hydrogen (secondary N) is 1.